The van der Waals surface area contributed by atoms with Crippen molar-refractivity contribution >= 4 is 33.2 Å². The second-order valence-corrected chi connectivity index (χ2v) is 8.66. The van der Waals surface area contributed by atoms with E-state index in [1.54, 1.807) is 18.2 Å². The average molecular weight is 427 g/mol. The Hall–Kier alpha value is -2.00. The number of hydrogen-bond donors (Lipinski definition) is 1. The molecule has 1 aliphatic rings. The first-order valence-corrected chi connectivity index (χ1v) is 10.6. The number of carbonyl (C=O) groups is 1. The molecule has 2 aromatic rings. The van der Waals surface area contributed by atoms with Crippen LogP contribution in [0.1, 0.15) is 12.0 Å². The average Bonchev–Trinajstić information content (AvgIpc) is 2.71. The Morgan fingerprint density at radius 1 is 1.14 bits per heavy atom. The highest BCUT2D eigenvalue weighted by molar-refractivity contribution is 7.89. The summed E-state index contributed by atoms with van der Waals surface area (Å²) < 4.78 is 45.6. The first-order valence-electron chi connectivity index (χ1n) is 8.78. The molecule has 0 saturated carbocycles. The number of carbonyl (C=O) groups excluding carboxylic acids is 1. The van der Waals surface area contributed by atoms with E-state index in [0.29, 0.717) is 32.7 Å². The van der Waals surface area contributed by atoms with Crippen molar-refractivity contribution in [3.63, 3.8) is 0 Å². The summed E-state index contributed by atoms with van der Waals surface area (Å²) in [6.45, 7) is 1.45. The van der Waals surface area contributed by atoms with Gasteiger partial charge < -0.3 is 10.1 Å². The van der Waals surface area contributed by atoms with E-state index in [1.807, 2.05) is 0 Å². The molecule has 0 aliphatic carbocycles. The monoisotopic (exact) mass is 426 g/mol. The Labute approximate surface area is 168 Å². The fourth-order valence-electron chi connectivity index (χ4n) is 2.84. The highest BCUT2D eigenvalue weighted by Gasteiger charge is 2.26. The van der Waals surface area contributed by atoms with Gasteiger partial charge in [-0.05, 0) is 36.2 Å². The Balaban J connectivity index is 1.58. The highest BCUT2D eigenvalue weighted by Crippen LogP contribution is 2.22. The number of halogens is 2. The molecule has 1 amide bonds. The lowest BCUT2D eigenvalue weighted by Crippen LogP contribution is -2.40. The molecule has 6 nitrogen and oxygen atoms in total. The first-order chi connectivity index (χ1) is 13.4. The summed E-state index contributed by atoms with van der Waals surface area (Å²) in [4.78, 5) is 12.3. The lowest BCUT2D eigenvalue weighted by atomic mass is 10.1. The van der Waals surface area contributed by atoms with Crippen LogP contribution >= 0.6 is 11.6 Å². The normalized spacial score (nSPS) is 15.4. The van der Waals surface area contributed by atoms with E-state index in [0.717, 1.165) is 5.56 Å². The van der Waals surface area contributed by atoms with Crippen molar-refractivity contribution < 1.29 is 22.3 Å². The number of anilines is 1. The fraction of sp³-hybridized carbons (Fsp3) is 0.316. The number of nitrogens with one attached hydrogen (secondary N) is 1. The van der Waals surface area contributed by atoms with E-state index in [4.69, 9.17) is 16.3 Å². The van der Waals surface area contributed by atoms with Gasteiger partial charge in [-0.1, -0.05) is 29.8 Å². The molecule has 150 valence electrons. The number of benzene rings is 2. The number of aryl methyl sites for hydroxylation is 1. The van der Waals surface area contributed by atoms with Crippen molar-refractivity contribution in [2.45, 2.75) is 17.7 Å². The zero-order chi connectivity index (χ0) is 20.1. The first kappa shape index (κ1) is 20.7. The van der Waals surface area contributed by atoms with Crippen molar-refractivity contribution in [1.29, 1.82) is 0 Å². The molecule has 0 spiro atoms. The third-order valence-corrected chi connectivity index (χ3v) is 6.60. The van der Waals surface area contributed by atoms with Gasteiger partial charge in [0.2, 0.25) is 15.9 Å². The van der Waals surface area contributed by atoms with Crippen molar-refractivity contribution in [2.24, 2.45) is 0 Å². The Morgan fingerprint density at radius 2 is 1.82 bits per heavy atom. The minimum absolute atomic E-state index is 0.0319. The summed E-state index contributed by atoms with van der Waals surface area (Å²) in [5, 5.41) is 2.43. The Morgan fingerprint density at radius 3 is 2.50 bits per heavy atom. The molecule has 0 aromatic heterocycles. The van der Waals surface area contributed by atoms with E-state index in [9.17, 15) is 17.6 Å². The van der Waals surface area contributed by atoms with Crippen LogP contribution in [0.3, 0.4) is 0 Å². The second kappa shape index (κ2) is 9.00. The Kier molecular flexibility index (Phi) is 6.66. The zero-order valence-electron chi connectivity index (χ0n) is 15.0. The van der Waals surface area contributed by atoms with Gasteiger partial charge in [0.25, 0.3) is 0 Å². The molecule has 9 heteroatoms. The van der Waals surface area contributed by atoms with Crippen LogP contribution in [0.5, 0.6) is 0 Å². The lowest BCUT2D eigenvalue weighted by molar-refractivity contribution is -0.116. The zero-order valence-corrected chi connectivity index (χ0v) is 16.6. The molecule has 0 unspecified atom stereocenters. The number of sulfonamides is 1. The quantitative estimate of drug-likeness (QED) is 0.770. The van der Waals surface area contributed by atoms with Crippen molar-refractivity contribution in [3.8, 4) is 0 Å². The van der Waals surface area contributed by atoms with E-state index < -0.39 is 15.8 Å². The van der Waals surface area contributed by atoms with E-state index in [-0.39, 0.29) is 27.9 Å². The van der Waals surface area contributed by atoms with Gasteiger partial charge in [-0.25, -0.2) is 12.8 Å². The van der Waals surface area contributed by atoms with Crippen LogP contribution in [0.25, 0.3) is 0 Å². The minimum atomic E-state index is -3.54. The highest BCUT2D eigenvalue weighted by atomic mass is 35.5. The predicted molar refractivity (Wildman–Crippen MR) is 104 cm³/mol. The van der Waals surface area contributed by atoms with Crippen LogP contribution < -0.4 is 5.32 Å². The summed E-state index contributed by atoms with van der Waals surface area (Å²) in [5.74, 6) is -1.03. The molecule has 28 heavy (non-hydrogen) atoms. The maximum Gasteiger partial charge on any atom is 0.243 e. The van der Waals surface area contributed by atoms with Gasteiger partial charge in [-0.2, -0.15) is 4.31 Å². The maximum absolute atomic E-state index is 13.8. The van der Waals surface area contributed by atoms with Gasteiger partial charge in [0.05, 0.1) is 28.8 Å². The maximum atomic E-state index is 13.8. The van der Waals surface area contributed by atoms with Crippen LogP contribution in [0.15, 0.2) is 47.4 Å². The van der Waals surface area contributed by atoms with Crippen molar-refractivity contribution in [2.75, 3.05) is 31.6 Å². The van der Waals surface area contributed by atoms with Crippen molar-refractivity contribution in [3.05, 3.63) is 58.9 Å². The second-order valence-electron chi connectivity index (χ2n) is 6.31. The van der Waals surface area contributed by atoms with Gasteiger partial charge in [0, 0.05) is 19.5 Å². The van der Waals surface area contributed by atoms with Crippen molar-refractivity contribution in [1.82, 2.24) is 4.31 Å². The van der Waals surface area contributed by atoms with Gasteiger partial charge in [0.1, 0.15) is 0 Å². The molecule has 1 saturated heterocycles. The van der Waals surface area contributed by atoms with Gasteiger partial charge in [-0.3, -0.25) is 4.79 Å². The standard InChI is InChI=1S/C19H20ClFN2O4S/c20-16-2-1-3-17(19(16)21)22-18(24)9-6-14-4-7-15(8-5-14)28(25,26)23-10-12-27-13-11-23/h1-5,7-8H,6,9-13H2,(H,22,24). The molecule has 1 heterocycles. The number of amides is 1. The van der Waals surface area contributed by atoms with Crippen LogP contribution in [-0.4, -0.2) is 44.9 Å². The van der Waals surface area contributed by atoms with E-state index in [1.165, 1.54) is 28.6 Å². The summed E-state index contributed by atoms with van der Waals surface area (Å²) in [5.41, 5.74) is 0.840. The van der Waals surface area contributed by atoms with E-state index >= 15 is 0 Å². The summed E-state index contributed by atoms with van der Waals surface area (Å²) >= 11 is 5.69. The molecule has 1 aliphatic heterocycles. The Bertz CT molecular complexity index is 945. The number of rotatable bonds is 6. The van der Waals surface area contributed by atoms with Crippen LogP contribution in [0.4, 0.5) is 10.1 Å². The van der Waals surface area contributed by atoms with Gasteiger partial charge in [0.15, 0.2) is 5.82 Å². The third kappa shape index (κ3) is 4.88. The van der Waals surface area contributed by atoms with Gasteiger partial charge >= 0.3 is 0 Å². The molecule has 0 atom stereocenters. The summed E-state index contributed by atoms with van der Waals surface area (Å²) in [7, 11) is -3.54. The summed E-state index contributed by atoms with van der Waals surface area (Å²) in [6, 6.07) is 10.8. The van der Waals surface area contributed by atoms with Crippen LogP contribution in [0, 0.1) is 5.82 Å². The molecule has 0 radical (unpaired) electrons. The third-order valence-electron chi connectivity index (χ3n) is 4.40. The molecular weight excluding hydrogens is 407 g/mol. The number of hydrogen-bond acceptors (Lipinski definition) is 4. The fourth-order valence-corrected chi connectivity index (χ4v) is 4.42. The molecule has 1 N–H and O–H groups in total. The molecule has 1 fully saturated rings. The van der Waals surface area contributed by atoms with Crippen LogP contribution in [-0.2, 0) is 26.0 Å². The number of ether oxygens (including phenoxy) is 1. The number of morpholine rings is 1. The number of nitrogens with zero attached hydrogens (tertiary/aromatic N) is 1. The summed E-state index contributed by atoms with van der Waals surface area (Å²) in [6.07, 6.45) is 0.521. The largest absolute Gasteiger partial charge is 0.379 e. The topological polar surface area (TPSA) is 75.7 Å². The molecule has 0 bridgehead atoms. The minimum Gasteiger partial charge on any atom is -0.379 e. The van der Waals surface area contributed by atoms with Crippen LogP contribution in [0.2, 0.25) is 5.02 Å². The van der Waals surface area contributed by atoms with Gasteiger partial charge in [-0.15, -0.1) is 0 Å². The molecule has 2 aromatic carbocycles. The molecular formula is C19H20ClFN2O4S. The predicted octanol–water partition coefficient (Wildman–Crippen LogP) is 3.07. The molecule has 3 rings (SSSR count). The van der Waals surface area contributed by atoms with E-state index in [2.05, 4.69) is 5.32 Å². The lowest BCUT2D eigenvalue weighted by Gasteiger charge is -2.26. The smallest absolute Gasteiger partial charge is 0.243 e. The SMILES string of the molecule is O=C(CCc1ccc(S(=O)(=O)N2CCOCC2)cc1)Nc1cccc(Cl)c1F.